The van der Waals surface area contributed by atoms with E-state index < -0.39 is 14.7 Å². The molecule has 22 heavy (non-hydrogen) atoms. The maximum absolute atomic E-state index is 12.1. The molecule has 2 atom stereocenters. The summed E-state index contributed by atoms with van der Waals surface area (Å²) in [6.07, 6.45) is -0.178. The van der Waals surface area contributed by atoms with Crippen molar-refractivity contribution >= 4 is 26.6 Å². The lowest BCUT2D eigenvalue weighted by Crippen LogP contribution is -2.54. The van der Waals surface area contributed by atoms with Crippen LogP contribution in [0.1, 0.15) is 13.8 Å². The van der Waals surface area contributed by atoms with Crippen LogP contribution in [0.25, 0.3) is 0 Å². The van der Waals surface area contributed by atoms with Crippen molar-refractivity contribution < 1.29 is 27.8 Å². The first-order chi connectivity index (χ1) is 10.1. The van der Waals surface area contributed by atoms with Gasteiger partial charge in [-0.3, -0.25) is 18.7 Å². The molecule has 1 aliphatic rings. The number of piperazine rings is 1. The molecule has 1 aliphatic heterocycles. The van der Waals surface area contributed by atoms with Gasteiger partial charge in [-0.25, -0.2) is 0 Å². The van der Waals surface area contributed by atoms with Gasteiger partial charge in [0.05, 0.1) is 25.8 Å². The molecule has 0 bridgehead atoms. The summed E-state index contributed by atoms with van der Waals surface area (Å²) in [6.45, 7) is 6.51. The number of hydrogen-bond donors (Lipinski definition) is 0. The van der Waals surface area contributed by atoms with E-state index in [2.05, 4.69) is 0 Å². The summed E-state index contributed by atoms with van der Waals surface area (Å²) in [5.41, 5.74) is 0. The minimum atomic E-state index is -2.94. The van der Waals surface area contributed by atoms with Crippen LogP contribution in [0.2, 0.25) is 0 Å². The van der Waals surface area contributed by atoms with Gasteiger partial charge in [0, 0.05) is 13.3 Å². The molecule has 8 nitrogen and oxygen atoms in total. The van der Waals surface area contributed by atoms with E-state index in [-0.39, 0.29) is 50.7 Å². The van der Waals surface area contributed by atoms with Crippen molar-refractivity contribution in [3.63, 3.8) is 0 Å². The summed E-state index contributed by atoms with van der Waals surface area (Å²) >= 11 is 0. The van der Waals surface area contributed by atoms with Crippen molar-refractivity contribution in [1.82, 2.24) is 9.80 Å². The maximum Gasteiger partial charge on any atom is 0.243 e. The Kier molecular flexibility index (Phi) is 6.81. The first-order valence-electron chi connectivity index (χ1n) is 7.08. The largest absolute Gasteiger partial charge is 0.328 e. The Morgan fingerprint density at radius 1 is 0.864 bits per heavy atom. The topological polar surface area (TPSA) is 93.2 Å². The molecule has 1 heterocycles. The highest BCUT2D eigenvalue weighted by Gasteiger charge is 2.35. The van der Waals surface area contributed by atoms with Gasteiger partial charge in [0.15, 0.2) is 0 Å². The molecule has 0 aromatic carbocycles. The zero-order valence-corrected chi connectivity index (χ0v) is 15.3. The molecule has 0 aromatic rings. The Bertz CT molecular complexity index is 478. The van der Waals surface area contributed by atoms with Crippen molar-refractivity contribution in [2.45, 2.75) is 13.8 Å². The van der Waals surface area contributed by atoms with Crippen LogP contribution < -0.4 is 0 Å². The molecule has 0 radical (unpaired) electrons. The van der Waals surface area contributed by atoms with Crippen molar-refractivity contribution in [1.29, 1.82) is 0 Å². The van der Waals surface area contributed by atoms with E-state index in [0.29, 0.717) is 0 Å². The van der Waals surface area contributed by atoms with Gasteiger partial charge in [0.1, 0.15) is 13.1 Å². The van der Waals surface area contributed by atoms with E-state index in [9.17, 15) is 18.7 Å². The van der Waals surface area contributed by atoms with Crippen LogP contribution >= 0.6 is 14.7 Å². The number of amides is 2. The molecule has 128 valence electrons. The van der Waals surface area contributed by atoms with Gasteiger partial charge in [-0.1, -0.05) is 0 Å². The molecule has 2 unspecified atom stereocenters. The van der Waals surface area contributed by atoms with Crippen LogP contribution in [0.15, 0.2) is 0 Å². The van der Waals surface area contributed by atoms with Gasteiger partial charge < -0.3 is 18.8 Å². The Morgan fingerprint density at radius 3 is 1.45 bits per heavy atom. The Labute approximate surface area is 131 Å². The Balaban J connectivity index is 2.69. The smallest absolute Gasteiger partial charge is 0.243 e. The highest BCUT2D eigenvalue weighted by Crippen LogP contribution is 2.45. The molecule has 0 aliphatic carbocycles. The summed E-state index contributed by atoms with van der Waals surface area (Å²) in [6, 6.07) is 0. The molecule has 2 amide bonds. The lowest BCUT2D eigenvalue weighted by atomic mass is 10.3. The third kappa shape index (κ3) is 5.84. The molecule has 0 saturated carbocycles. The molecule has 0 aromatic heterocycles. The molecule has 10 heteroatoms. The van der Waals surface area contributed by atoms with E-state index >= 15 is 0 Å². The van der Waals surface area contributed by atoms with Crippen LogP contribution in [0.5, 0.6) is 0 Å². The highest BCUT2D eigenvalue weighted by molar-refractivity contribution is 7.58. The van der Waals surface area contributed by atoms with Gasteiger partial charge in [0.25, 0.3) is 0 Å². The molecule has 1 rings (SSSR count). The predicted octanol–water partition coefficient (Wildman–Crippen LogP) is 1.46. The SMILES string of the molecule is CCOP(C)(=O)CN1CC(=O)N(CP(C)(=O)OCC)CC1=O. The van der Waals surface area contributed by atoms with Crippen molar-refractivity contribution in [3.8, 4) is 0 Å². The first kappa shape index (κ1) is 19.4. The van der Waals surface area contributed by atoms with Gasteiger partial charge in [-0.05, 0) is 13.8 Å². The quantitative estimate of drug-likeness (QED) is 0.613. The van der Waals surface area contributed by atoms with Crippen LogP contribution in [0.3, 0.4) is 0 Å². The second-order valence-electron chi connectivity index (χ2n) is 5.33. The van der Waals surface area contributed by atoms with E-state index in [1.165, 1.54) is 23.1 Å². The average molecular weight is 354 g/mol. The monoisotopic (exact) mass is 354 g/mol. The molecular formula is C12H24N2O6P2. The van der Waals surface area contributed by atoms with E-state index in [4.69, 9.17) is 9.05 Å². The van der Waals surface area contributed by atoms with E-state index in [1.807, 2.05) is 0 Å². The second-order valence-corrected chi connectivity index (χ2v) is 10.5. The summed E-state index contributed by atoms with van der Waals surface area (Å²) in [4.78, 5) is 26.7. The third-order valence-corrected chi connectivity index (χ3v) is 6.34. The lowest BCUT2D eigenvalue weighted by molar-refractivity contribution is -0.148. The van der Waals surface area contributed by atoms with Crippen LogP contribution in [-0.4, -0.2) is 73.8 Å². The lowest BCUT2D eigenvalue weighted by Gasteiger charge is -2.35. The number of hydrogen-bond acceptors (Lipinski definition) is 6. The number of carbonyl (C=O) groups excluding carboxylic acids is 2. The number of nitrogens with zero attached hydrogens (tertiary/aromatic N) is 2. The van der Waals surface area contributed by atoms with E-state index in [1.54, 1.807) is 13.8 Å². The van der Waals surface area contributed by atoms with Crippen LogP contribution in [-0.2, 0) is 27.8 Å². The average Bonchev–Trinajstić information content (AvgIpc) is 2.34. The minimum absolute atomic E-state index is 0.0888. The number of rotatable bonds is 8. The van der Waals surface area contributed by atoms with Gasteiger partial charge in [-0.2, -0.15) is 0 Å². The summed E-state index contributed by atoms with van der Waals surface area (Å²) in [7, 11) is -5.88. The highest BCUT2D eigenvalue weighted by atomic mass is 31.2. The van der Waals surface area contributed by atoms with Crippen molar-refractivity contribution in [2.75, 3.05) is 52.2 Å². The summed E-state index contributed by atoms with van der Waals surface area (Å²) in [5.74, 6) is -0.671. The van der Waals surface area contributed by atoms with Gasteiger partial charge >= 0.3 is 0 Å². The van der Waals surface area contributed by atoms with E-state index in [0.717, 1.165) is 0 Å². The van der Waals surface area contributed by atoms with Gasteiger partial charge in [-0.15, -0.1) is 0 Å². The molecule has 0 spiro atoms. The molecular weight excluding hydrogens is 330 g/mol. The molecule has 1 saturated heterocycles. The normalized spacial score (nSPS) is 21.6. The first-order valence-corrected chi connectivity index (χ1v) is 11.6. The second kappa shape index (κ2) is 7.73. The fourth-order valence-electron chi connectivity index (χ4n) is 2.21. The zero-order chi connectivity index (χ0) is 17.0. The summed E-state index contributed by atoms with van der Waals surface area (Å²) < 4.78 is 34.5. The van der Waals surface area contributed by atoms with Crippen molar-refractivity contribution in [3.05, 3.63) is 0 Å². The standard InChI is InChI=1S/C12H24N2O6P2/c1-5-19-21(3,17)9-13-7-12(16)14(8-11(13)15)10-22(4,18)20-6-2/h5-10H2,1-4H3. The third-order valence-electron chi connectivity index (χ3n) is 3.02. The summed E-state index contributed by atoms with van der Waals surface area (Å²) in [5, 5.41) is 0. The predicted molar refractivity (Wildman–Crippen MR) is 83.5 cm³/mol. The fraction of sp³-hybridized carbons (Fsp3) is 0.833. The molecule has 0 N–H and O–H groups in total. The van der Waals surface area contributed by atoms with Gasteiger partial charge in [0.2, 0.25) is 26.6 Å². The van der Waals surface area contributed by atoms with Crippen LogP contribution in [0.4, 0.5) is 0 Å². The van der Waals surface area contributed by atoms with Crippen LogP contribution in [0, 0.1) is 0 Å². The number of carbonyl (C=O) groups is 2. The maximum atomic E-state index is 12.1. The Morgan fingerprint density at radius 2 is 1.18 bits per heavy atom. The van der Waals surface area contributed by atoms with Crippen molar-refractivity contribution in [2.24, 2.45) is 0 Å². The minimum Gasteiger partial charge on any atom is -0.328 e. The zero-order valence-electron chi connectivity index (χ0n) is 13.5. The Hall–Kier alpha value is -0.680. The molecule has 1 fully saturated rings. The fourth-order valence-corrected chi connectivity index (χ4v) is 5.22.